The fourth-order valence-electron chi connectivity index (χ4n) is 2.45. The Morgan fingerprint density at radius 3 is 2.31 bits per heavy atom. The molecule has 0 bridgehead atoms. The van der Waals surface area contributed by atoms with Crippen LogP contribution in [0.2, 0.25) is 0 Å². The molecule has 0 unspecified atom stereocenters. The first kappa shape index (κ1) is 20.9. The zero-order valence-corrected chi connectivity index (χ0v) is 18.4. The van der Waals surface area contributed by atoms with Crippen LogP contribution in [0.15, 0.2) is 56.0 Å². The number of benzene rings is 2. The van der Waals surface area contributed by atoms with Gasteiger partial charge >= 0.3 is 17.9 Å². The van der Waals surface area contributed by atoms with Gasteiger partial charge in [0, 0.05) is 19.4 Å². The summed E-state index contributed by atoms with van der Waals surface area (Å²) in [4.78, 5) is 38.8. The highest BCUT2D eigenvalue weighted by Crippen LogP contribution is 2.36. The normalized spacial score (nSPS) is 14.4. The van der Waals surface area contributed by atoms with E-state index in [9.17, 15) is 14.4 Å². The van der Waals surface area contributed by atoms with Crippen LogP contribution in [0.25, 0.3) is 6.08 Å². The van der Waals surface area contributed by atoms with E-state index < -0.39 is 17.9 Å². The Balaban J connectivity index is 1.91. The highest BCUT2D eigenvalue weighted by Gasteiger charge is 2.25. The average Bonchev–Trinajstić information content (AvgIpc) is 2.98. The van der Waals surface area contributed by atoms with Gasteiger partial charge in [-0.2, -0.15) is 0 Å². The van der Waals surface area contributed by atoms with Crippen LogP contribution in [0.3, 0.4) is 0 Å². The first-order valence-electron chi connectivity index (χ1n) is 8.22. The first-order valence-corrected chi connectivity index (χ1v) is 9.80. The standard InChI is InChI=1S/C20H13Br2NO6/c1-10(24)27-14-5-3-4-13(9-14)19-23-17(20(26)29-19)8-12-6-15(21)18(16(22)7-12)28-11(2)25/h3-9H,1-2H3/b17-8-. The topological polar surface area (TPSA) is 91.3 Å². The van der Waals surface area contributed by atoms with Crippen LogP contribution in [-0.2, 0) is 19.1 Å². The number of esters is 3. The molecule has 3 rings (SSSR count). The summed E-state index contributed by atoms with van der Waals surface area (Å²) in [6.07, 6.45) is 1.54. The van der Waals surface area contributed by atoms with Crippen LogP contribution < -0.4 is 9.47 Å². The van der Waals surface area contributed by atoms with Crippen molar-refractivity contribution in [2.24, 2.45) is 4.99 Å². The summed E-state index contributed by atoms with van der Waals surface area (Å²) >= 11 is 6.67. The van der Waals surface area contributed by atoms with Gasteiger partial charge in [-0.15, -0.1) is 0 Å². The number of hydrogen-bond acceptors (Lipinski definition) is 7. The fraction of sp³-hybridized carbons (Fsp3) is 0.100. The Labute approximate surface area is 182 Å². The molecule has 0 N–H and O–H groups in total. The molecule has 29 heavy (non-hydrogen) atoms. The molecule has 148 valence electrons. The molecule has 0 aliphatic carbocycles. The van der Waals surface area contributed by atoms with Crippen molar-refractivity contribution in [1.29, 1.82) is 0 Å². The van der Waals surface area contributed by atoms with Crippen molar-refractivity contribution in [1.82, 2.24) is 0 Å². The van der Waals surface area contributed by atoms with Crippen molar-refractivity contribution in [2.75, 3.05) is 0 Å². The molecule has 0 saturated carbocycles. The predicted molar refractivity (Wildman–Crippen MR) is 112 cm³/mol. The zero-order valence-electron chi connectivity index (χ0n) is 15.2. The van der Waals surface area contributed by atoms with Gasteiger partial charge in [0.05, 0.1) is 8.95 Å². The fourth-order valence-corrected chi connectivity index (χ4v) is 3.84. The number of carbonyl (C=O) groups is 3. The van der Waals surface area contributed by atoms with Crippen molar-refractivity contribution in [2.45, 2.75) is 13.8 Å². The second kappa shape index (κ2) is 8.71. The Morgan fingerprint density at radius 2 is 1.69 bits per heavy atom. The molecule has 1 aliphatic heterocycles. The van der Waals surface area contributed by atoms with Gasteiger partial charge in [0.2, 0.25) is 5.90 Å². The van der Waals surface area contributed by atoms with Crippen molar-refractivity contribution in [3.63, 3.8) is 0 Å². The van der Waals surface area contributed by atoms with Gasteiger partial charge in [0.15, 0.2) is 11.4 Å². The third kappa shape index (κ3) is 5.18. The minimum Gasteiger partial charge on any atom is -0.427 e. The highest BCUT2D eigenvalue weighted by atomic mass is 79.9. The predicted octanol–water partition coefficient (Wildman–Crippen LogP) is 4.41. The molecule has 0 radical (unpaired) electrons. The number of nitrogens with zero attached hydrogens (tertiary/aromatic N) is 1. The SMILES string of the molecule is CC(=O)Oc1cccc(C2=N/C(=C\c3cc(Br)c(OC(C)=O)c(Br)c3)C(=O)O2)c1. The summed E-state index contributed by atoms with van der Waals surface area (Å²) in [7, 11) is 0. The van der Waals surface area contributed by atoms with E-state index in [-0.39, 0.29) is 11.6 Å². The number of halogens is 2. The minimum atomic E-state index is -0.616. The third-order valence-electron chi connectivity index (χ3n) is 3.53. The number of hydrogen-bond donors (Lipinski definition) is 0. The zero-order chi connectivity index (χ0) is 21.1. The molecule has 9 heteroatoms. The number of rotatable bonds is 4. The van der Waals surface area contributed by atoms with Gasteiger partial charge in [-0.1, -0.05) is 6.07 Å². The molecule has 0 amide bonds. The van der Waals surface area contributed by atoms with E-state index in [1.165, 1.54) is 13.8 Å². The molecule has 0 atom stereocenters. The monoisotopic (exact) mass is 521 g/mol. The molecule has 2 aromatic rings. The van der Waals surface area contributed by atoms with E-state index in [2.05, 4.69) is 36.9 Å². The van der Waals surface area contributed by atoms with Crippen LogP contribution in [0.5, 0.6) is 11.5 Å². The Kier molecular flexibility index (Phi) is 6.29. The summed E-state index contributed by atoms with van der Waals surface area (Å²) < 4.78 is 16.5. The van der Waals surface area contributed by atoms with Crippen LogP contribution >= 0.6 is 31.9 Å². The van der Waals surface area contributed by atoms with Gasteiger partial charge in [-0.05, 0) is 73.8 Å². The quantitative estimate of drug-likeness (QED) is 0.335. The van der Waals surface area contributed by atoms with Crippen molar-refractivity contribution < 1.29 is 28.6 Å². The van der Waals surface area contributed by atoms with E-state index in [4.69, 9.17) is 14.2 Å². The maximum Gasteiger partial charge on any atom is 0.363 e. The third-order valence-corrected chi connectivity index (χ3v) is 4.71. The van der Waals surface area contributed by atoms with Crippen LogP contribution in [0.4, 0.5) is 0 Å². The van der Waals surface area contributed by atoms with E-state index >= 15 is 0 Å². The summed E-state index contributed by atoms with van der Waals surface area (Å²) in [5.74, 6) is -0.775. The van der Waals surface area contributed by atoms with Gasteiger partial charge < -0.3 is 14.2 Å². The minimum absolute atomic E-state index is 0.0944. The van der Waals surface area contributed by atoms with Gasteiger partial charge in [0.25, 0.3) is 0 Å². The lowest BCUT2D eigenvalue weighted by Gasteiger charge is -2.08. The smallest absolute Gasteiger partial charge is 0.363 e. The largest absolute Gasteiger partial charge is 0.427 e. The summed E-state index contributed by atoms with van der Waals surface area (Å²) in [5, 5.41) is 0. The molecular formula is C20H13Br2NO6. The summed E-state index contributed by atoms with van der Waals surface area (Å²) in [6, 6.07) is 9.86. The Bertz CT molecular complexity index is 1070. The van der Waals surface area contributed by atoms with E-state index in [1.807, 2.05) is 0 Å². The molecule has 0 fully saturated rings. The summed E-state index contributed by atoms with van der Waals surface area (Å²) in [5.41, 5.74) is 1.22. The van der Waals surface area contributed by atoms with E-state index in [0.29, 0.717) is 31.6 Å². The molecule has 2 aromatic carbocycles. The lowest BCUT2D eigenvalue weighted by molar-refractivity contribution is -0.132. The van der Waals surface area contributed by atoms with Crippen LogP contribution in [-0.4, -0.2) is 23.8 Å². The van der Waals surface area contributed by atoms with E-state index in [0.717, 1.165) is 0 Å². The van der Waals surface area contributed by atoms with Gasteiger partial charge in [-0.25, -0.2) is 9.79 Å². The van der Waals surface area contributed by atoms with Gasteiger partial charge in [0.1, 0.15) is 5.75 Å². The molecule has 1 aliphatic rings. The van der Waals surface area contributed by atoms with E-state index in [1.54, 1.807) is 42.5 Å². The first-order chi connectivity index (χ1) is 13.7. The number of ether oxygens (including phenoxy) is 3. The second-order valence-electron chi connectivity index (χ2n) is 5.86. The lowest BCUT2D eigenvalue weighted by Crippen LogP contribution is -2.06. The summed E-state index contributed by atoms with van der Waals surface area (Å²) in [6.45, 7) is 2.60. The maximum absolute atomic E-state index is 12.2. The van der Waals surface area contributed by atoms with Gasteiger partial charge in [-0.3, -0.25) is 9.59 Å². The molecule has 0 aromatic heterocycles. The van der Waals surface area contributed by atoms with Crippen LogP contribution in [0, 0.1) is 0 Å². The molecule has 7 nitrogen and oxygen atoms in total. The number of aliphatic imine (C=N–C) groups is 1. The molecule has 0 saturated heterocycles. The Morgan fingerprint density at radius 1 is 1.03 bits per heavy atom. The number of carbonyl (C=O) groups excluding carboxylic acids is 3. The molecule has 1 heterocycles. The molecule has 0 spiro atoms. The Hall–Kier alpha value is -2.78. The van der Waals surface area contributed by atoms with Crippen molar-refractivity contribution >= 4 is 61.7 Å². The number of cyclic esters (lactones) is 1. The second-order valence-corrected chi connectivity index (χ2v) is 7.57. The lowest BCUT2D eigenvalue weighted by atomic mass is 10.2. The molecular weight excluding hydrogens is 510 g/mol. The average molecular weight is 523 g/mol. The van der Waals surface area contributed by atoms with Crippen molar-refractivity contribution in [3.8, 4) is 11.5 Å². The maximum atomic E-state index is 12.2. The van der Waals surface area contributed by atoms with Crippen LogP contribution in [0.1, 0.15) is 25.0 Å². The highest BCUT2D eigenvalue weighted by molar-refractivity contribution is 9.11. The van der Waals surface area contributed by atoms with Crippen molar-refractivity contribution in [3.05, 3.63) is 62.2 Å².